The third-order valence-electron chi connectivity index (χ3n) is 4.77. The zero-order chi connectivity index (χ0) is 19.6. The first-order valence-corrected chi connectivity index (χ1v) is 9.31. The molecule has 0 heterocycles. The highest BCUT2D eigenvalue weighted by Crippen LogP contribution is 2.27. The normalized spacial score (nSPS) is 16.0. The Kier molecular flexibility index (Phi) is 8.29. The van der Waals surface area contributed by atoms with Crippen molar-refractivity contribution in [1.29, 1.82) is 0 Å². The molecule has 0 radical (unpaired) electrons. The smallest absolute Gasteiger partial charge is 0.387 e. The zero-order valence-electron chi connectivity index (χ0n) is 15.3. The van der Waals surface area contributed by atoms with Crippen LogP contribution in [0.3, 0.4) is 0 Å². The Morgan fingerprint density at radius 3 is 2.41 bits per heavy atom. The van der Waals surface area contributed by atoms with E-state index >= 15 is 0 Å². The van der Waals surface area contributed by atoms with Crippen LogP contribution in [0.4, 0.5) is 14.5 Å². The van der Waals surface area contributed by atoms with Gasteiger partial charge in [0.1, 0.15) is 11.8 Å². The van der Waals surface area contributed by atoms with Crippen LogP contribution in [0.25, 0.3) is 0 Å². The Morgan fingerprint density at radius 1 is 1.15 bits per heavy atom. The molecular formula is C19H27F2N3O3. The fraction of sp³-hybridized carbons (Fsp3) is 0.579. The number of anilines is 1. The SMILES string of the molecule is NC(=O)[C@H](CNc1ccc(OC(F)F)cc1)NC(=O)CCC1CCCCC1. The lowest BCUT2D eigenvalue weighted by Crippen LogP contribution is -2.48. The van der Waals surface area contributed by atoms with Gasteiger partial charge in [0.05, 0.1) is 0 Å². The van der Waals surface area contributed by atoms with E-state index in [1.165, 1.54) is 44.2 Å². The van der Waals surface area contributed by atoms with Gasteiger partial charge in [-0.2, -0.15) is 8.78 Å². The van der Waals surface area contributed by atoms with E-state index in [-0.39, 0.29) is 18.2 Å². The summed E-state index contributed by atoms with van der Waals surface area (Å²) in [5.41, 5.74) is 5.97. The Hall–Kier alpha value is -2.38. The van der Waals surface area contributed by atoms with Crippen molar-refractivity contribution in [3.8, 4) is 5.75 Å². The van der Waals surface area contributed by atoms with Crippen molar-refractivity contribution < 1.29 is 23.1 Å². The van der Waals surface area contributed by atoms with Crippen LogP contribution >= 0.6 is 0 Å². The van der Waals surface area contributed by atoms with Crippen molar-refractivity contribution >= 4 is 17.5 Å². The minimum absolute atomic E-state index is 0.0398. The molecule has 0 unspecified atom stereocenters. The number of halogens is 2. The second kappa shape index (κ2) is 10.7. The molecule has 0 aliphatic heterocycles. The maximum atomic E-state index is 12.1. The van der Waals surface area contributed by atoms with Crippen molar-refractivity contribution in [2.45, 2.75) is 57.6 Å². The van der Waals surface area contributed by atoms with E-state index in [1.807, 2.05) is 0 Å². The van der Waals surface area contributed by atoms with Crippen molar-refractivity contribution in [2.75, 3.05) is 11.9 Å². The van der Waals surface area contributed by atoms with Gasteiger partial charge >= 0.3 is 6.61 Å². The molecule has 0 saturated heterocycles. The summed E-state index contributed by atoms with van der Waals surface area (Å²) in [4.78, 5) is 23.7. The average Bonchev–Trinajstić information content (AvgIpc) is 2.65. The van der Waals surface area contributed by atoms with Crippen LogP contribution in [-0.4, -0.2) is 31.0 Å². The number of carbonyl (C=O) groups excluding carboxylic acids is 2. The van der Waals surface area contributed by atoms with Crippen LogP contribution < -0.4 is 21.1 Å². The Bertz CT molecular complexity index is 605. The molecule has 0 bridgehead atoms. The summed E-state index contributed by atoms with van der Waals surface area (Å²) in [7, 11) is 0. The van der Waals surface area contributed by atoms with Gasteiger partial charge in [0, 0.05) is 18.7 Å². The van der Waals surface area contributed by atoms with E-state index in [2.05, 4.69) is 15.4 Å². The van der Waals surface area contributed by atoms with Crippen molar-refractivity contribution in [3.05, 3.63) is 24.3 Å². The number of alkyl halides is 2. The number of primary amides is 1. The number of ether oxygens (including phenoxy) is 1. The fourth-order valence-corrected chi connectivity index (χ4v) is 3.27. The maximum absolute atomic E-state index is 12.1. The highest BCUT2D eigenvalue weighted by atomic mass is 19.3. The van der Waals surface area contributed by atoms with Crippen molar-refractivity contribution in [2.24, 2.45) is 11.7 Å². The van der Waals surface area contributed by atoms with E-state index in [9.17, 15) is 18.4 Å². The summed E-state index contributed by atoms with van der Waals surface area (Å²) < 4.78 is 28.5. The van der Waals surface area contributed by atoms with Crippen LogP contribution in [-0.2, 0) is 9.59 Å². The molecule has 1 aliphatic rings. The van der Waals surface area contributed by atoms with E-state index in [0.717, 1.165) is 6.42 Å². The number of hydrogen-bond acceptors (Lipinski definition) is 4. The van der Waals surface area contributed by atoms with Gasteiger partial charge in [-0.1, -0.05) is 32.1 Å². The number of rotatable bonds is 10. The first kappa shape index (κ1) is 20.9. The molecule has 1 saturated carbocycles. The number of nitrogens with two attached hydrogens (primary N) is 1. The van der Waals surface area contributed by atoms with Gasteiger partial charge in [0.2, 0.25) is 11.8 Å². The molecule has 4 N–H and O–H groups in total. The molecule has 1 aliphatic carbocycles. The molecule has 1 fully saturated rings. The van der Waals surface area contributed by atoms with E-state index in [0.29, 0.717) is 18.0 Å². The predicted molar refractivity (Wildman–Crippen MR) is 98.5 cm³/mol. The quantitative estimate of drug-likeness (QED) is 0.579. The van der Waals surface area contributed by atoms with Crippen LogP contribution in [0.15, 0.2) is 24.3 Å². The van der Waals surface area contributed by atoms with Gasteiger partial charge in [-0.15, -0.1) is 0 Å². The number of carbonyl (C=O) groups is 2. The molecule has 1 aromatic rings. The largest absolute Gasteiger partial charge is 0.435 e. The maximum Gasteiger partial charge on any atom is 0.387 e. The molecule has 0 spiro atoms. The third kappa shape index (κ3) is 7.80. The van der Waals surface area contributed by atoms with Gasteiger partial charge in [0.25, 0.3) is 0 Å². The third-order valence-corrected chi connectivity index (χ3v) is 4.77. The summed E-state index contributed by atoms with van der Waals surface area (Å²) in [6.45, 7) is -2.77. The summed E-state index contributed by atoms with van der Waals surface area (Å²) in [6, 6.07) is 5.01. The lowest BCUT2D eigenvalue weighted by atomic mass is 9.86. The highest BCUT2D eigenvalue weighted by molar-refractivity contribution is 5.87. The fourth-order valence-electron chi connectivity index (χ4n) is 3.27. The Morgan fingerprint density at radius 2 is 1.81 bits per heavy atom. The monoisotopic (exact) mass is 383 g/mol. The minimum Gasteiger partial charge on any atom is -0.435 e. The Labute approximate surface area is 157 Å². The summed E-state index contributed by atoms with van der Waals surface area (Å²) in [5.74, 6) is -0.195. The number of nitrogens with one attached hydrogen (secondary N) is 2. The van der Waals surface area contributed by atoms with E-state index in [1.54, 1.807) is 12.1 Å². The first-order valence-electron chi connectivity index (χ1n) is 9.31. The molecule has 1 atom stereocenters. The van der Waals surface area contributed by atoms with E-state index in [4.69, 9.17) is 5.73 Å². The number of hydrogen-bond donors (Lipinski definition) is 3. The summed E-state index contributed by atoms with van der Waals surface area (Å²) in [5, 5.41) is 5.62. The van der Waals surface area contributed by atoms with Gasteiger partial charge in [-0.25, -0.2) is 0 Å². The average molecular weight is 383 g/mol. The van der Waals surface area contributed by atoms with Crippen LogP contribution in [0.1, 0.15) is 44.9 Å². The zero-order valence-corrected chi connectivity index (χ0v) is 15.3. The van der Waals surface area contributed by atoms with Crippen molar-refractivity contribution in [3.63, 3.8) is 0 Å². The predicted octanol–water partition coefficient (Wildman–Crippen LogP) is 3.03. The number of amides is 2. The van der Waals surface area contributed by atoms with Gasteiger partial charge < -0.3 is 21.1 Å². The molecule has 0 aromatic heterocycles. The summed E-state index contributed by atoms with van der Waals surface area (Å²) >= 11 is 0. The summed E-state index contributed by atoms with van der Waals surface area (Å²) in [6.07, 6.45) is 7.26. The molecule has 8 heteroatoms. The second-order valence-electron chi connectivity index (χ2n) is 6.85. The standard InChI is InChI=1S/C19H27F2N3O3/c20-19(21)27-15-9-7-14(8-10-15)23-12-16(18(22)26)24-17(25)11-6-13-4-2-1-3-5-13/h7-10,13,16,19,23H,1-6,11-12H2,(H2,22,26)(H,24,25)/t16-/m0/s1. The van der Waals surface area contributed by atoms with Gasteiger partial charge in [-0.05, 0) is 36.6 Å². The second-order valence-corrected chi connectivity index (χ2v) is 6.85. The molecular weight excluding hydrogens is 356 g/mol. The van der Waals surface area contributed by atoms with Gasteiger partial charge in [0.15, 0.2) is 0 Å². The number of benzene rings is 1. The minimum atomic E-state index is -2.88. The van der Waals surface area contributed by atoms with Crippen LogP contribution in [0, 0.1) is 5.92 Å². The lowest BCUT2D eigenvalue weighted by Gasteiger charge is -2.22. The molecule has 2 amide bonds. The van der Waals surface area contributed by atoms with Gasteiger partial charge in [-0.3, -0.25) is 9.59 Å². The van der Waals surface area contributed by atoms with E-state index < -0.39 is 18.6 Å². The molecule has 27 heavy (non-hydrogen) atoms. The lowest BCUT2D eigenvalue weighted by molar-refractivity contribution is -0.127. The van der Waals surface area contributed by atoms with Crippen molar-refractivity contribution in [1.82, 2.24) is 5.32 Å². The highest BCUT2D eigenvalue weighted by Gasteiger charge is 2.20. The molecule has 150 valence electrons. The molecule has 6 nitrogen and oxygen atoms in total. The Balaban J connectivity index is 1.77. The molecule has 2 rings (SSSR count). The van der Waals surface area contributed by atoms with Crippen LogP contribution in [0.2, 0.25) is 0 Å². The topological polar surface area (TPSA) is 93.5 Å². The first-order chi connectivity index (χ1) is 12.9. The van der Waals surface area contributed by atoms with Crippen LogP contribution in [0.5, 0.6) is 5.75 Å². The molecule has 1 aromatic carbocycles.